The molecule has 1 saturated heterocycles. The van der Waals surface area contributed by atoms with Crippen LogP contribution in [0.1, 0.15) is 11.9 Å². The number of benzene rings is 1. The maximum Gasteiger partial charge on any atom is 0.264 e. The van der Waals surface area contributed by atoms with Crippen LogP contribution in [0.25, 0.3) is 11.5 Å². The fraction of sp³-hybridized carbons (Fsp3) is 0.385. The molecule has 1 aliphatic heterocycles. The average molecular weight is 279 g/mol. The molecule has 0 saturated carbocycles. The SMILES string of the molecule is COc1cccc(F)c1-c1nc(C2COCCN2)no1. The zero-order valence-electron chi connectivity index (χ0n) is 10.9. The molecule has 6 nitrogen and oxygen atoms in total. The van der Waals surface area contributed by atoms with E-state index in [1.807, 2.05) is 0 Å². The van der Waals surface area contributed by atoms with Crippen molar-refractivity contribution in [2.45, 2.75) is 6.04 Å². The Morgan fingerprint density at radius 2 is 2.35 bits per heavy atom. The lowest BCUT2D eigenvalue weighted by Gasteiger charge is -2.20. The first-order valence-electron chi connectivity index (χ1n) is 6.27. The van der Waals surface area contributed by atoms with E-state index >= 15 is 0 Å². The summed E-state index contributed by atoms with van der Waals surface area (Å²) in [6.07, 6.45) is 0. The molecule has 2 aromatic rings. The number of nitrogens with zero attached hydrogens (tertiary/aromatic N) is 2. The van der Waals surface area contributed by atoms with Crippen molar-refractivity contribution in [1.29, 1.82) is 0 Å². The van der Waals surface area contributed by atoms with Crippen LogP contribution in [0.2, 0.25) is 0 Å². The van der Waals surface area contributed by atoms with E-state index in [0.717, 1.165) is 6.54 Å². The minimum atomic E-state index is -0.465. The van der Waals surface area contributed by atoms with Crippen LogP contribution in [0.15, 0.2) is 22.7 Å². The van der Waals surface area contributed by atoms with E-state index in [1.165, 1.54) is 13.2 Å². The second-order valence-electron chi connectivity index (χ2n) is 4.36. The molecule has 1 aromatic carbocycles. The largest absolute Gasteiger partial charge is 0.496 e. The highest BCUT2D eigenvalue weighted by Gasteiger charge is 2.24. The Balaban J connectivity index is 1.93. The summed E-state index contributed by atoms with van der Waals surface area (Å²) in [5.41, 5.74) is 0.172. The van der Waals surface area contributed by atoms with Crippen LogP contribution in [0, 0.1) is 5.82 Å². The van der Waals surface area contributed by atoms with Gasteiger partial charge in [-0.2, -0.15) is 4.98 Å². The van der Waals surface area contributed by atoms with Crippen molar-refractivity contribution in [2.24, 2.45) is 0 Å². The number of nitrogens with one attached hydrogen (secondary N) is 1. The van der Waals surface area contributed by atoms with Gasteiger partial charge in [-0.3, -0.25) is 0 Å². The number of ether oxygens (including phenoxy) is 2. The minimum Gasteiger partial charge on any atom is -0.496 e. The van der Waals surface area contributed by atoms with Gasteiger partial charge < -0.3 is 19.3 Å². The first-order chi connectivity index (χ1) is 9.79. The monoisotopic (exact) mass is 279 g/mol. The lowest BCUT2D eigenvalue weighted by atomic mass is 10.2. The van der Waals surface area contributed by atoms with Crippen molar-refractivity contribution in [3.63, 3.8) is 0 Å². The molecule has 1 N–H and O–H groups in total. The fourth-order valence-corrected chi connectivity index (χ4v) is 2.09. The van der Waals surface area contributed by atoms with Gasteiger partial charge in [0.05, 0.1) is 26.4 Å². The summed E-state index contributed by atoms with van der Waals surface area (Å²) in [7, 11) is 1.46. The highest BCUT2D eigenvalue weighted by Crippen LogP contribution is 2.31. The van der Waals surface area contributed by atoms with Crippen LogP contribution in [0.4, 0.5) is 4.39 Å². The first kappa shape index (κ1) is 13.0. The van der Waals surface area contributed by atoms with Gasteiger partial charge in [-0.25, -0.2) is 4.39 Å². The number of rotatable bonds is 3. The van der Waals surface area contributed by atoms with Crippen molar-refractivity contribution in [2.75, 3.05) is 26.9 Å². The predicted molar refractivity (Wildman–Crippen MR) is 67.8 cm³/mol. The van der Waals surface area contributed by atoms with Gasteiger partial charge in [-0.15, -0.1) is 0 Å². The van der Waals surface area contributed by atoms with E-state index in [1.54, 1.807) is 12.1 Å². The summed E-state index contributed by atoms with van der Waals surface area (Å²) in [6, 6.07) is 4.39. The van der Waals surface area contributed by atoms with Gasteiger partial charge in [-0.05, 0) is 12.1 Å². The molecule has 1 aromatic heterocycles. The van der Waals surface area contributed by atoms with Crippen LogP contribution in [0.3, 0.4) is 0 Å². The number of morpholine rings is 1. The molecular formula is C13H14FN3O3. The van der Waals surface area contributed by atoms with Crippen LogP contribution in [0.5, 0.6) is 5.75 Å². The zero-order valence-corrected chi connectivity index (χ0v) is 10.9. The van der Waals surface area contributed by atoms with Gasteiger partial charge in [0.1, 0.15) is 17.1 Å². The normalized spacial score (nSPS) is 19.0. The third kappa shape index (κ3) is 2.37. The molecule has 20 heavy (non-hydrogen) atoms. The van der Waals surface area contributed by atoms with E-state index in [2.05, 4.69) is 15.5 Å². The average Bonchev–Trinajstić information content (AvgIpc) is 2.97. The zero-order chi connectivity index (χ0) is 13.9. The van der Waals surface area contributed by atoms with Crippen molar-refractivity contribution < 1.29 is 18.4 Å². The van der Waals surface area contributed by atoms with Crippen molar-refractivity contribution in [3.05, 3.63) is 29.8 Å². The highest BCUT2D eigenvalue weighted by molar-refractivity contribution is 5.63. The summed E-state index contributed by atoms with van der Waals surface area (Å²) in [6.45, 7) is 1.84. The molecular weight excluding hydrogens is 265 g/mol. The van der Waals surface area contributed by atoms with E-state index in [-0.39, 0.29) is 17.5 Å². The third-order valence-electron chi connectivity index (χ3n) is 3.08. The van der Waals surface area contributed by atoms with Gasteiger partial charge in [-0.1, -0.05) is 11.2 Å². The number of halogens is 1. The first-order valence-corrected chi connectivity index (χ1v) is 6.27. The van der Waals surface area contributed by atoms with Gasteiger partial charge in [0.2, 0.25) is 0 Å². The van der Waals surface area contributed by atoms with Gasteiger partial charge in [0, 0.05) is 6.54 Å². The Labute approximate surface area is 114 Å². The number of aromatic nitrogens is 2. The van der Waals surface area contributed by atoms with Crippen molar-refractivity contribution in [3.8, 4) is 17.2 Å². The predicted octanol–water partition coefficient (Wildman–Crippen LogP) is 1.55. The molecule has 1 unspecified atom stereocenters. The summed E-state index contributed by atoms with van der Waals surface area (Å²) in [5, 5.41) is 7.09. The fourth-order valence-electron chi connectivity index (χ4n) is 2.09. The Bertz CT molecular complexity index is 596. The molecule has 2 heterocycles. The van der Waals surface area contributed by atoms with Crippen molar-refractivity contribution >= 4 is 0 Å². The topological polar surface area (TPSA) is 69.4 Å². The number of hydrogen-bond acceptors (Lipinski definition) is 6. The Kier molecular flexibility index (Phi) is 3.62. The molecule has 1 aliphatic rings. The summed E-state index contributed by atoms with van der Waals surface area (Å²) in [4.78, 5) is 4.23. The Morgan fingerprint density at radius 1 is 1.45 bits per heavy atom. The molecule has 106 valence electrons. The minimum absolute atomic E-state index is 0.0994. The molecule has 1 fully saturated rings. The van der Waals surface area contributed by atoms with E-state index in [4.69, 9.17) is 14.0 Å². The molecule has 7 heteroatoms. The maximum atomic E-state index is 13.9. The summed E-state index contributed by atoms with van der Waals surface area (Å²) >= 11 is 0. The van der Waals surface area contributed by atoms with E-state index < -0.39 is 5.82 Å². The van der Waals surface area contributed by atoms with Crippen LogP contribution in [-0.4, -0.2) is 37.0 Å². The molecule has 0 aliphatic carbocycles. The van der Waals surface area contributed by atoms with Gasteiger partial charge >= 0.3 is 0 Å². The van der Waals surface area contributed by atoms with Gasteiger partial charge in [0.15, 0.2) is 5.82 Å². The Hall–Kier alpha value is -1.99. The lowest BCUT2D eigenvalue weighted by molar-refractivity contribution is 0.0734. The molecule has 3 rings (SSSR count). The van der Waals surface area contributed by atoms with Crippen molar-refractivity contribution in [1.82, 2.24) is 15.5 Å². The third-order valence-corrected chi connectivity index (χ3v) is 3.08. The molecule has 0 spiro atoms. The molecule has 0 amide bonds. The smallest absolute Gasteiger partial charge is 0.264 e. The molecule has 1 atom stereocenters. The second kappa shape index (κ2) is 5.56. The van der Waals surface area contributed by atoms with Crippen LogP contribution in [-0.2, 0) is 4.74 Å². The lowest BCUT2D eigenvalue weighted by Crippen LogP contribution is -2.35. The maximum absolute atomic E-state index is 13.9. The number of methoxy groups -OCH3 is 1. The molecule has 0 radical (unpaired) electrons. The second-order valence-corrected chi connectivity index (χ2v) is 4.36. The molecule has 0 bridgehead atoms. The summed E-state index contributed by atoms with van der Waals surface area (Å²) in [5.74, 6) is 0.438. The highest BCUT2D eigenvalue weighted by atomic mass is 19.1. The quantitative estimate of drug-likeness (QED) is 0.919. The Morgan fingerprint density at radius 3 is 3.10 bits per heavy atom. The standard InChI is InChI=1S/C13H14FN3O3/c1-18-10-4-2-3-8(14)11(10)13-16-12(17-20-13)9-7-19-6-5-15-9/h2-4,9,15H,5-7H2,1H3. The van der Waals surface area contributed by atoms with Gasteiger partial charge in [0.25, 0.3) is 5.89 Å². The van der Waals surface area contributed by atoms with E-state index in [9.17, 15) is 4.39 Å². The van der Waals surface area contributed by atoms with E-state index in [0.29, 0.717) is 24.8 Å². The number of hydrogen-bond donors (Lipinski definition) is 1. The van der Waals surface area contributed by atoms with Crippen LogP contribution >= 0.6 is 0 Å². The van der Waals surface area contributed by atoms with Crippen LogP contribution < -0.4 is 10.1 Å². The summed E-state index contributed by atoms with van der Waals surface area (Å²) < 4.78 is 29.5.